The van der Waals surface area contributed by atoms with E-state index in [1.165, 1.54) is 56.6 Å². The van der Waals surface area contributed by atoms with E-state index in [2.05, 4.69) is 16.8 Å². The van der Waals surface area contributed by atoms with Gasteiger partial charge in [0.25, 0.3) is 0 Å². The van der Waals surface area contributed by atoms with Crippen molar-refractivity contribution in [1.82, 2.24) is 14.9 Å². The highest BCUT2D eigenvalue weighted by atomic mass is 15.1. The lowest BCUT2D eigenvalue weighted by Crippen LogP contribution is -2.26. The van der Waals surface area contributed by atoms with Crippen LogP contribution in [0.2, 0.25) is 0 Å². The Morgan fingerprint density at radius 1 is 1.30 bits per heavy atom. The Morgan fingerprint density at radius 2 is 2.25 bits per heavy atom. The van der Waals surface area contributed by atoms with Crippen molar-refractivity contribution in [3.8, 4) is 0 Å². The van der Waals surface area contributed by atoms with Gasteiger partial charge in [0.1, 0.15) is 5.82 Å². The molecule has 1 N–H and O–H groups in total. The standard InChI is InChI=1S/C17H27N3/c1-2-3-17-19-15-10-18-7-6-16(15)20(17)11-14-9-12-4-5-13(14)8-12/h12-14,18H,2-11H2,1H3. The van der Waals surface area contributed by atoms with Crippen molar-refractivity contribution in [2.24, 2.45) is 17.8 Å². The van der Waals surface area contributed by atoms with Gasteiger partial charge >= 0.3 is 0 Å². The molecule has 4 rings (SSSR count). The lowest BCUT2D eigenvalue weighted by atomic mass is 9.88. The van der Waals surface area contributed by atoms with Crippen LogP contribution in [-0.2, 0) is 25.9 Å². The SMILES string of the molecule is CCCc1nc2c(n1CC1CC3CCC1C3)CCNC2. The van der Waals surface area contributed by atoms with Gasteiger partial charge in [0, 0.05) is 38.2 Å². The second kappa shape index (κ2) is 5.18. The second-order valence-electron chi connectivity index (χ2n) is 7.14. The minimum absolute atomic E-state index is 0.942. The molecule has 3 atom stereocenters. The molecule has 2 bridgehead atoms. The van der Waals surface area contributed by atoms with Crippen molar-refractivity contribution in [3.63, 3.8) is 0 Å². The van der Waals surface area contributed by atoms with Crippen LogP contribution >= 0.6 is 0 Å². The number of imidazole rings is 1. The van der Waals surface area contributed by atoms with Crippen molar-refractivity contribution in [1.29, 1.82) is 0 Å². The first kappa shape index (κ1) is 12.9. The Hall–Kier alpha value is -0.830. The Balaban J connectivity index is 1.60. The summed E-state index contributed by atoms with van der Waals surface area (Å²) in [4.78, 5) is 4.95. The minimum Gasteiger partial charge on any atom is -0.331 e. The van der Waals surface area contributed by atoms with Gasteiger partial charge in [-0.15, -0.1) is 0 Å². The number of nitrogens with zero attached hydrogens (tertiary/aromatic N) is 2. The van der Waals surface area contributed by atoms with Crippen molar-refractivity contribution >= 4 is 0 Å². The van der Waals surface area contributed by atoms with E-state index in [4.69, 9.17) is 4.98 Å². The molecule has 1 aromatic heterocycles. The first-order valence-corrected chi connectivity index (χ1v) is 8.63. The van der Waals surface area contributed by atoms with Crippen LogP contribution in [0, 0.1) is 17.8 Å². The molecule has 2 saturated carbocycles. The molecule has 20 heavy (non-hydrogen) atoms. The molecule has 3 nitrogen and oxygen atoms in total. The first-order valence-electron chi connectivity index (χ1n) is 8.63. The lowest BCUT2D eigenvalue weighted by molar-refractivity contribution is 0.289. The van der Waals surface area contributed by atoms with E-state index in [-0.39, 0.29) is 0 Å². The van der Waals surface area contributed by atoms with Gasteiger partial charge in [-0.2, -0.15) is 0 Å². The maximum Gasteiger partial charge on any atom is 0.109 e. The zero-order chi connectivity index (χ0) is 13.5. The van der Waals surface area contributed by atoms with Gasteiger partial charge in [0.15, 0.2) is 0 Å². The third-order valence-electron chi connectivity index (χ3n) is 5.84. The van der Waals surface area contributed by atoms with Crippen LogP contribution in [0.4, 0.5) is 0 Å². The Kier molecular flexibility index (Phi) is 3.33. The van der Waals surface area contributed by atoms with Crippen LogP contribution in [0.5, 0.6) is 0 Å². The van der Waals surface area contributed by atoms with Gasteiger partial charge in [-0.25, -0.2) is 4.98 Å². The van der Waals surface area contributed by atoms with Crippen LogP contribution < -0.4 is 5.32 Å². The molecule has 3 unspecified atom stereocenters. The molecule has 110 valence electrons. The number of hydrogen-bond acceptors (Lipinski definition) is 2. The third-order valence-corrected chi connectivity index (χ3v) is 5.84. The van der Waals surface area contributed by atoms with Gasteiger partial charge in [-0.3, -0.25) is 0 Å². The van der Waals surface area contributed by atoms with Gasteiger partial charge in [-0.1, -0.05) is 13.3 Å². The van der Waals surface area contributed by atoms with E-state index in [9.17, 15) is 0 Å². The summed E-state index contributed by atoms with van der Waals surface area (Å²) >= 11 is 0. The van der Waals surface area contributed by atoms with Crippen LogP contribution in [0.3, 0.4) is 0 Å². The predicted octanol–water partition coefficient (Wildman–Crippen LogP) is 2.92. The largest absolute Gasteiger partial charge is 0.331 e. The van der Waals surface area contributed by atoms with Gasteiger partial charge < -0.3 is 9.88 Å². The Bertz CT molecular complexity index is 491. The molecule has 0 aromatic carbocycles. The van der Waals surface area contributed by atoms with E-state index < -0.39 is 0 Å². The molecule has 0 radical (unpaired) electrons. The zero-order valence-corrected chi connectivity index (χ0v) is 12.7. The highest BCUT2D eigenvalue weighted by Gasteiger charge is 2.40. The first-order chi connectivity index (χ1) is 9.85. The highest BCUT2D eigenvalue weighted by Crippen LogP contribution is 2.49. The fourth-order valence-corrected chi connectivity index (χ4v) is 4.89. The van der Waals surface area contributed by atoms with Crippen LogP contribution in [0.1, 0.15) is 56.2 Å². The van der Waals surface area contributed by atoms with Gasteiger partial charge in [0.2, 0.25) is 0 Å². The molecule has 1 aliphatic heterocycles. The molecule has 1 aromatic rings. The number of aromatic nitrogens is 2. The number of fused-ring (bicyclic) bond motifs is 3. The van der Waals surface area contributed by atoms with Crippen molar-refractivity contribution in [3.05, 3.63) is 17.2 Å². The Morgan fingerprint density at radius 3 is 3.00 bits per heavy atom. The summed E-state index contributed by atoms with van der Waals surface area (Å²) in [6.45, 7) is 5.64. The van der Waals surface area contributed by atoms with Crippen molar-refractivity contribution in [2.45, 2.75) is 65.0 Å². The Labute approximate surface area is 122 Å². The van der Waals surface area contributed by atoms with Gasteiger partial charge in [-0.05, 0) is 43.4 Å². The molecule has 0 saturated heterocycles. The summed E-state index contributed by atoms with van der Waals surface area (Å²) < 4.78 is 2.63. The van der Waals surface area contributed by atoms with Crippen molar-refractivity contribution in [2.75, 3.05) is 6.54 Å². The lowest BCUT2D eigenvalue weighted by Gasteiger charge is -2.25. The summed E-state index contributed by atoms with van der Waals surface area (Å²) in [7, 11) is 0. The van der Waals surface area contributed by atoms with E-state index in [0.717, 1.165) is 37.3 Å². The fourth-order valence-electron chi connectivity index (χ4n) is 4.89. The topological polar surface area (TPSA) is 29.9 Å². The number of rotatable bonds is 4. The van der Waals surface area contributed by atoms with E-state index >= 15 is 0 Å². The summed E-state index contributed by atoms with van der Waals surface area (Å²) in [6, 6.07) is 0. The van der Waals surface area contributed by atoms with Gasteiger partial charge in [0.05, 0.1) is 5.69 Å². The maximum atomic E-state index is 4.95. The molecule has 2 fully saturated rings. The second-order valence-corrected chi connectivity index (χ2v) is 7.14. The summed E-state index contributed by atoms with van der Waals surface area (Å²) in [5.41, 5.74) is 2.89. The zero-order valence-electron chi connectivity index (χ0n) is 12.7. The van der Waals surface area contributed by atoms with Crippen LogP contribution in [-0.4, -0.2) is 16.1 Å². The average Bonchev–Trinajstić information content (AvgIpc) is 3.15. The molecular weight excluding hydrogens is 246 g/mol. The normalized spacial score (nSPS) is 31.8. The summed E-state index contributed by atoms with van der Waals surface area (Å²) in [5.74, 6) is 4.39. The van der Waals surface area contributed by atoms with Crippen LogP contribution in [0.15, 0.2) is 0 Å². The number of aryl methyl sites for hydroxylation is 1. The predicted molar refractivity (Wildman–Crippen MR) is 80.6 cm³/mol. The smallest absolute Gasteiger partial charge is 0.109 e. The monoisotopic (exact) mass is 273 g/mol. The fraction of sp³-hybridized carbons (Fsp3) is 0.824. The maximum absolute atomic E-state index is 4.95. The third kappa shape index (κ3) is 2.11. The molecular formula is C17H27N3. The van der Waals surface area contributed by atoms with Crippen molar-refractivity contribution < 1.29 is 0 Å². The van der Waals surface area contributed by atoms with Crippen LogP contribution in [0.25, 0.3) is 0 Å². The minimum atomic E-state index is 0.942. The highest BCUT2D eigenvalue weighted by molar-refractivity contribution is 5.21. The molecule has 0 spiro atoms. The molecule has 3 heteroatoms. The van der Waals surface area contributed by atoms with E-state index in [1.54, 1.807) is 5.69 Å². The molecule has 2 heterocycles. The molecule has 0 amide bonds. The average molecular weight is 273 g/mol. The quantitative estimate of drug-likeness (QED) is 0.914. The molecule has 3 aliphatic rings. The van der Waals surface area contributed by atoms with E-state index in [1.807, 2.05) is 0 Å². The number of nitrogens with one attached hydrogen (secondary N) is 1. The molecule has 2 aliphatic carbocycles. The van der Waals surface area contributed by atoms with E-state index in [0.29, 0.717) is 0 Å². The number of hydrogen-bond donors (Lipinski definition) is 1. The summed E-state index contributed by atoms with van der Waals surface area (Å²) in [5, 5.41) is 3.47. The summed E-state index contributed by atoms with van der Waals surface area (Å²) in [6.07, 6.45) is 9.54.